The Morgan fingerprint density at radius 3 is 2.52 bits per heavy atom. The summed E-state index contributed by atoms with van der Waals surface area (Å²) >= 11 is 0. The number of amides is 1. The highest BCUT2D eigenvalue weighted by Crippen LogP contribution is 2.18. The lowest BCUT2D eigenvalue weighted by molar-refractivity contribution is 0.0746. The van der Waals surface area contributed by atoms with E-state index in [1.807, 2.05) is 23.1 Å². The fourth-order valence-electron chi connectivity index (χ4n) is 2.65. The van der Waals surface area contributed by atoms with Crippen molar-refractivity contribution in [3.05, 3.63) is 42.1 Å². The van der Waals surface area contributed by atoms with Crippen LogP contribution in [0.4, 0.5) is 5.95 Å². The molecule has 0 unspecified atom stereocenters. The molecule has 0 N–H and O–H groups in total. The molecular formula is C17H21ClN4O3. The zero-order valence-corrected chi connectivity index (χ0v) is 15.0. The largest absolute Gasteiger partial charge is 0.497 e. The number of benzene rings is 1. The molecule has 0 aliphatic carbocycles. The predicted octanol–water partition coefficient (Wildman–Crippen LogP) is 1.88. The Hall–Kier alpha value is -2.54. The quantitative estimate of drug-likeness (QED) is 0.825. The summed E-state index contributed by atoms with van der Waals surface area (Å²) in [6, 6.07) is 8.94. The standard InChI is InChI=1S/C17H20N4O3.ClH/c1-23-14-5-3-4-13(12-14)16(22)20-8-10-21(11-9-20)17-18-7-6-15(19-17)24-2;/h3-7,12H,8-11H2,1-2H3;1H. The Bertz CT molecular complexity index is 721. The summed E-state index contributed by atoms with van der Waals surface area (Å²) in [5, 5.41) is 0. The second-order valence-corrected chi connectivity index (χ2v) is 5.41. The minimum absolute atomic E-state index is 0. The van der Waals surface area contributed by atoms with Gasteiger partial charge in [-0.3, -0.25) is 4.79 Å². The Kier molecular flexibility index (Phi) is 6.41. The molecule has 0 saturated carbocycles. The number of carbonyl (C=O) groups excluding carboxylic acids is 1. The van der Waals surface area contributed by atoms with Crippen molar-refractivity contribution in [2.75, 3.05) is 45.3 Å². The molecule has 25 heavy (non-hydrogen) atoms. The number of anilines is 1. The van der Waals surface area contributed by atoms with Gasteiger partial charge >= 0.3 is 0 Å². The van der Waals surface area contributed by atoms with Gasteiger partial charge in [-0.25, -0.2) is 4.98 Å². The fraction of sp³-hybridized carbons (Fsp3) is 0.353. The summed E-state index contributed by atoms with van der Waals surface area (Å²) in [5.74, 6) is 1.86. The number of rotatable bonds is 4. The molecule has 2 aromatic rings. The zero-order chi connectivity index (χ0) is 16.9. The number of carbonyl (C=O) groups is 1. The van der Waals surface area contributed by atoms with E-state index >= 15 is 0 Å². The highest BCUT2D eigenvalue weighted by Gasteiger charge is 2.23. The number of halogens is 1. The van der Waals surface area contributed by atoms with Crippen LogP contribution in [0.5, 0.6) is 11.6 Å². The molecule has 134 valence electrons. The van der Waals surface area contributed by atoms with E-state index in [4.69, 9.17) is 9.47 Å². The van der Waals surface area contributed by atoms with E-state index in [9.17, 15) is 4.79 Å². The molecule has 3 rings (SSSR count). The van der Waals surface area contributed by atoms with Crippen molar-refractivity contribution in [2.24, 2.45) is 0 Å². The molecule has 0 bridgehead atoms. The Balaban J connectivity index is 0.00000225. The van der Waals surface area contributed by atoms with Gasteiger partial charge in [0.2, 0.25) is 11.8 Å². The number of piperazine rings is 1. The van der Waals surface area contributed by atoms with Gasteiger partial charge in [0, 0.05) is 44.0 Å². The minimum Gasteiger partial charge on any atom is -0.497 e. The van der Waals surface area contributed by atoms with Gasteiger partial charge in [-0.1, -0.05) is 6.07 Å². The van der Waals surface area contributed by atoms with Gasteiger partial charge < -0.3 is 19.3 Å². The summed E-state index contributed by atoms with van der Waals surface area (Å²) in [6.45, 7) is 2.61. The average molecular weight is 365 g/mol. The second kappa shape index (κ2) is 8.53. The average Bonchev–Trinajstić information content (AvgIpc) is 2.67. The van der Waals surface area contributed by atoms with Crippen LogP contribution in [0.3, 0.4) is 0 Å². The van der Waals surface area contributed by atoms with E-state index in [1.165, 1.54) is 0 Å². The third-order valence-corrected chi connectivity index (χ3v) is 3.99. The summed E-state index contributed by atoms with van der Waals surface area (Å²) in [6.07, 6.45) is 1.68. The van der Waals surface area contributed by atoms with Crippen molar-refractivity contribution >= 4 is 24.3 Å². The summed E-state index contributed by atoms with van der Waals surface area (Å²) in [4.78, 5) is 25.1. The highest BCUT2D eigenvalue weighted by atomic mass is 35.5. The molecule has 0 atom stereocenters. The van der Waals surface area contributed by atoms with Gasteiger partial charge in [0.25, 0.3) is 5.91 Å². The van der Waals surface area contributed by atoms with Crippen LogP contribution in [0.15, 0.2) is 36.5 Å². The third kappa shape index (κ3) is 4.30. The van der Waals surface area contributed by atoms with Crippen LogP contribution < -0.4 is 14.4 Å². The predicted molar refractivity (Wildman–Crippen MR) is 96.9 cm³/mol. The van der Waals surface area contributed by atoms with Crippen LogP contribution in [0, 0.1) is 0 Å². The first kappa shape index (κ1) is 18.8. The van der Waals surface area contributed by atoms with Crippen LogP contribution in [-0.2, 0) is 0 Å². The molecule has 2 heterocycles. The topological polar surface area (TPSA) is 67.8 Å². The van der Waals surface area contributed by atoms with E-state index in [0.717, 1.165) is 0 Å². The summed E-state index contributed by atoms with van der Waals surface area (Å²) in [7, 11) is 3.17. The van der Waals surface area contributed by atoms with Gasteiger partial charge in [0.1, 0.15) is 5.75 Å². The van der Waals surface area contributed by atoms with Gasteiger partial charge in [0.15, 0.2) is 0 Å². The number of aromatic nitrogens is 2. The maximum absolute atomic E-state index is 12.6. The molecule has 1 fully saturated rings. The van der Waals surface area contributed by atoms with Gasteiger partial charge in [-0.05, 0) is 18.2 Å². The van der Waals surface area contributed by atoms with E-state index in [2.05, 4.69) is 14.9 Å². The highest BCUT2D eigenvalue weighted by molar-refractivity contribution is 5.94. The molecule has 0 radical (unpaired) electrons. The van der Waals surface area contributed by atoms with Crippen LogP contribution in [-0.4, -0.2) is 61.2 Å². The molecule has 1 aliphatic heterocycles. The van der Waals surface area contributed by atoms with Crippen LogP contribution >= 0.6 is 12.4 Å². The fourth-order valence-corrected chi connectivity index (χ4v) is 2.65. The summed E-state index contributed by atoms with van der Waals surface area (Å²) < 4.78 is 10.3. The molecule has 8 heteroatoms. The van der Waals surface area contributed by atoms with Crippen LogP contribution in [0.2, 0.25) is 0 Å². The lowest BCUT2D eigenvalue weighted by atomic mass is 10.1. The van der Waals surface area contributed by atoms with E-state index in [-0.39, 0.29) is 18.3 Å². The minimum atomic E-state index is 0. The van der Waals surface area contributed by atoms with Gasteiger partial charge in [-0.15, -0.1) is 12.4 Å². The normalized spacial score (nSPS) is 13.8. The smallest absolute Gasteiger partial charge is 0.254 e. The molecule has 7 nitrogen and oxygen atoms in total. The van der Waals surface area contributed by atoms with Crippen molar-refractivity contribution in [1.29, 1.82) is 0 Å². The van der Waals surface area contributed by atoms with Crippen LogP contribution in [0.25, 0.3) is 0 Å². The SMILES string of the molecule is COc1cccc(C(=O)N2CCN(c3nccc(OC)n3)CC2)c1.Cl. The van der Waals surface area contributed by atoms with Crippen LogP contribution in [0.1, 0.15) is 10.4 Å². The Morgan fingerprint density at radius 1 is 1.08 bits per heavy atom. The maximum Gasteiger partial charge on any atom is 0.254 e. The molecular weight excluding hydrogens is 344 g/mol. The van der Waals surface area contributed by atoms with Crippen molar-refractivity contribution in [2.45, 2.75) is 0 Å². The monoisotopic (exact) mass is 364 g/mol. The first-order chi connectivity index (χ1) is 11.7. The molecule has 1 aromatic carbocycles. The molecule has 1 amide bonds. The molecule has 1 aliphatic rings. The third-order valence-electron chi connectivity index (χ3n) is 3.99. The second-order valence-electron chi connectivity index (χ2n) is 5.41. The van der Waals surface area contributed by atoms with Crippen molar-refractivity contribution < 1.29 is 14.3 Å². The van der Waals surface area contributed by atoms with E-state index < -0.39 is 0 Å². The number of hydrogen-bond donors (Lipinski definition) is 0. The molecule has 1 saturated heterocycles. The Labute approximate surface area is 153 Å². The number of hydrogen-bond acceptors (Lipinski definition) is 6. The lowest BCUT2D eigenvalue weighted by Gasteiger charge is -2.34. The molecule has 1 aromatic heterocycles. The van der Waals surface area contributed by atoms with Crippen molar-refractivity contribution in [1.82, 2.24) is 14.9 Å². The van der Waals surface area contributed by atoms with Crippen molar-refractivity contribution in [3.8, 4) is 11.6 Å². The van der Waals surface area contributed by atoms with Gasteiger partial charge in [0.05, 0.1) is 14.2 Å². The number of ether oxygens (including phenoxy) is 2. The Morgan fingerprint density at radius 2 is 1.84 bits per heavy atom. The summed E-state index contributed by atoms with van der Waals surface area (Å²) in [5.41, 5.74) is 0.639. The maximum atomic E-state index is 12.6. The zero-order valence-electron chi connectivity index (χ0n) is 14.2. The van der Waals surface area contributed by atoms with E-state index in [1.54, 1.807) is 32.5 Å². The first-order valence-electron chi connectivity index (χ1n) is 7.76. The number of methoxy groups -OCH3 is 2. The lowest BCUT2D eigenvalue weighted by Crippen LogP contribution is -2.49. The molecule has 0 spiro atoms. The van der Waals surface area contributed by atoms with Gasteiger partial charge in [-0.2, -0.15) is 4.98 Å². The first-order valence-corrected chi connectivity index (χ1v) is 7.76. The van der Waals surface area contributed by atoms with Crippen molar-refractivity contribution in [3.63, 3.8) is 0 Å². The number of nitrogens with zero attached hydrogens (tertiary/aromatic N) is 4. The van der Waals surface area contributed by atoms with E-state index in [0.29, 0.717) is 49.3 Å².